The first kappa shape index (κ1) is 11.9. The Balaban J connectivity index is 2.06. The van der Waals surface area contributed by atoms with E-state index in [4.69, 9.17) is 0 Å². The Morgan fingerprint density at radius 3 is 2.73 bits per heavy atom. The van der Waals surface area contributed by atoms with Gasteiger partial charge < -0.3 is 4.98 Å². The molecule has 3 heteroatoms. The highest BCUT2D eigenvalue weighted by atomic mass is 14.8. The van der Waals surface area contributed by atoms with Crippen LogP contribution >= 0.6 is 0 Å². The van der Waals surface area contributed by atoms with Crippen LogP contribution in [0.15, 0.2) is 48.9 Å². The lowest BCUT2D eigenvalue weighted by Crippen LogP contribution is -2.15. The van der Waals surface area contributed by atoms with Crippen LogP contribution in [0, 0.1) is 0 Å². The van der Waals surface area contributed by atoms with Crippen LogP contribution in [-0.2, 0) is 5.41 Å². The van der Waals surface area contributed by atoms with Crippen molar-refractivity contribution in [3.63, 3.8) is 0 Å². The number of nitrogens with zero attached hydrogens (tertiary/aromatic N) is 2. The minimum absolute atomic E-state index is 0.0571. The lowest BCUT2D eigenvalue weighted by atomic mass is 9.83. The molecule has 0 aliphatic heterocycles. The summed E-state index contributed by atoms with van der Waals surface area (Å²) in [4.78, 5) is 12.4. The largest absolute Gasteiger partial charge is 0.354 e. The topological polar surface area (TPSA) is 41.6 Å². The van der Waals surface area contributed by atoms with Crippen molar-refractivity contribution >= 4 is 21.8 Å². The molecule has 1 aliphatic rings. The quantitative estimate of drug-likeness (QED) is 0.519. The van der Waals surface area contributed by atoms with Crippen molar-refractivity contribution in [1.82, 2.24) is 15.0 Å². The maximum atomic E-state index is 4.61. The molecule has 0 saturated heterocycles. The average Bonchev–Trinajstić information content (AvgIpc) is 3.02. The molecule has 3 nitrogen and oxygen atoms in total. The smallest absolute Gasteiger partial charge is 0.116 e. The van der Waals surface area contributed by atoms with E-state index in [0.717, 1.165) is 5.69 Å². The fourth-order valence-electron chi connectivity index (χ4n) is 3.84. The molecule has 0 bridgehead atoms. The molecular formula is C19H15N3. The van der Waals surface area contributed by atoms with Crippen LogP contribution in [-0.4, -0.2) is 15.0 Å². The van der Waals surface area contributed by atoms with Crippen molar-refractivity contribution in [3.05, 3.63) is 60.0 Å². The molecular weight excluding hydrogens is 270 g/mol. The van der Waals surface area contributed by atoms with Gasteiger partial charge in [0.1, 0.15) is 6.33 Å². The highest BCUT2D eigenvalue weighted by molar-refractivity contribution is 6.15. The van der Waals surface area contributed by atoms with E-state index in [1.807, 2.05) is 6.20 Å². The highest BCUT2D eigenvalue weighted by Gasteiger charge is 2.38. The molecule has 106 valence electrons. The summed E-state index contributed by atoms with van der Waals surface area (Å²) in [6.45, 7) is 4.50. The van der Waals surface area contributed by atoms with Gasteiger partial charge in [-0.25, -0.2) is 9.97 Å². The van der Waals surface area contributed by atoms with E-state index in [1.165, 1.54) is 38.5 Å². The zero-order valence-electron chi connectivity index (χ0n) is 12.5. The van der Waals surface area contributed by atoms with Crippen molar-refractivity contribution in [3.8, 4) is 11.3 Å². The van der Waals surface area contributed by atoms with E-state index in [1.54, 1.807) is 6.33 Å². The zero-order chi connectivity index (χ0) is 14.9. The van der Waals surface area contributed by atoms with Crippen molar-refractivity contribution in [2.24, 2.45) is 0 Å². The molecule has 0 radical (unpaired) electrons. The second-order valence-electron chi connectivity index (χ2n) is 6.49. The second-order valence-corrected chi connectivity index (χ2v) is 6.49. The van der Waals surface area contributed by atoms with E-state index in [-0.39, 0.29) is 5.41 Å². The third-order valence-corrected chi connectivity index (χ3v) is 4.97. The molecule has 2 aromatic carbocycles. The monoisotopic (exact) mass is 285 g/mol. The molecule has 1 N–H and O–H groups in total. The van der Waals surface area contributed by atoms with Crippen LogP contribution in [0.25, 0.3) is 33.1 Å². The number of benzene rings is 2. The van der Waals surface area contributed by atoms with E-state index in [0.29, 0.717) is 0 Å². The summed E-state index contributed by atoms with van der Waals surface area (Å²) in [7, 11) is 0. The number of aromatic nitrogens is 3. The first-order valence-corrected chi connectivity index (χ1v) is 7.52. The van der Waals surface area contributed by atoms with Gasteiger partial charge in [-0.15, -0.1) is 0 Å². The van der Waals surface area contributed by atoms with Crippen molar-refractivity contribution in [2.75, 3.05) is 0 Å². The summed E-state index contributed by atoms with van der Waals surface area (Å²) in [5.41, 5.74) is 7.16. The van der Waals surface area contributed by atoms with Gasteiger partial charge in [-0.3, -0.25) is 0 Å². The van der Waals surface area contributed by atoms with Crippen LogP contribution in [0.4, 0.5) is 0 Å². The van der Waals surface area contributed by atoms with Crippen LogP contribution in [0.5, 0.6) is 0 Å². The van der Waals surface area contributed by atoms with Crippen LogP contribution < -0.4 is 0 Å². The van der Waals surface area contributed by atoms with Gasteiger partial charge in [0.05, 0.1) is 5.69 Å². The number of nitrogens with one attached hydrogen (secondary N) is 1. The maximum Gasteiger partial charge on any atom is 0.116 e. The van der Waals surface area contributed by atoms with Gasteiger partial charge in [0.25, 0.3) is 0 Å². The molecule has 0 unspecified atom stereocenters. The predicted molar refractivity (Wildman–Crippen MR) is 89.0 cm³/mol. The van der Waals surface area contributed by atoms with Gasteiger partial charge in [0, 0.05) is 44.5 Å². The summed E-state index contributed by atoms with van der Waals surface area (Å²) >= 11 is 0. The molecule has 2 aromatic heterocycles. The number of H-pyrrole nitrogens is 1. The third kappa shape index (κ3) is 1.27. The average molecular weight is 285 g/mol. The predicted octanol–water partition coefficient (Wildman–Crippen LogP) is 4.42. The minimum Gasteiger partial charge on any atom is -0.354 e. The van der Waals surface area contributed by atoms with Crippen molar-refractivity contribution in [2.45, 2.75) is 19.3 Å². The van der Waals surface area contributed by atoms with Crippen LogP contribution in [0.2, 0.25) is 0 Å². The third-order valence-electron chi connectivity index (χ3n) is 4.97. The molecule has 5 rings (SSSR count). The Hall–Kier alpha value is -2.68. The maximum absolute atomic E-state index is 4.61. The summed E-state index contributed by atoms with van der Waals surface area (Å²) in [6, 6.07) is 12.9. The molecule has 4 aromatic rings. The number of aromatic amines is 1. The van der Waals surface area contributed by atoms with Gasteiger partial charge in [0.15, 0.2) is 0 Å². The number of hydrogen-bond donors (Lipinski definition) is 1. The SMILES string of the molecule is CC1(C)c2cncnc2-c2c1ccc1[nH]c3ccccc3c21. The van der Waals surface area contributed by atoms with Gasteiger partial charge in [0.2, 0.25) is 0 Å². The van der Waals surface area contributed by atoms with Crippen LogP contribution in [0.3, 0.4) is 0 Å². The minimum atomic E-state index is -0.0571. The fourth-order valence-corrected chi connectivity index (χ4v) is 3.84. The van der Waals surface area contributed by atoms with Gasteiger partial charge >= 0.3 is 0 Å². The highest BCUT2D eigenvalue weighted by Crippen LogP contribution is 2.51. The lowest BCUT2D eigenvalue weighted by Gasteiger charge is -2.20. The number of para-hydroxylation sites is 1. The molecule has 22 heavy (non-hydrogen) atoms. The fraction of sp³-hybridized carbons (Fsp3) is 0.158. The molecule has 1 aliphatic carbocycles. The summed E-state index contributed by atoms with van der Waals surface area (Å²) < 4.78 is 0. The summed E-state index contributed by atoms with van der Waals surface area (Å²) in [6.07, 6.45) is 3.61. The van der Waals surface area contributed by atoms with E-state index in [2.05, 4.69) is 65.2 Å². The number of hydrogen-bond acceptors (Lipinski definition) is 2. The van der Waals surface area contributed by atoms with E-state index in [9.17, 15) is 0 Å². The Kier molecular flexibility index (Phi) is 2.03. The Bertz CT molecular complexity index is 1060. The molecule has 2 heterocycles. The zero-order valence-corrected chi connectivity index (χ0v) is 12.5. The standard InChI is InChI=1S/C19H15N3/c1-19(2)12-7-8-15-16(11-5-3-4-6-14(11)22-15)17(12)18-13(19)9-20-10-21-18/h3-10,22H,1-2H3. The van der Waals surface area contributed by atoms with E-state index < -0.39 is 0 Å². The van der Waals surface area contributed by atoms with Gasteiger partial charge in [-0.2, -0.15) is 0 Å². The Morgan fingerprint density at radius 1 is 0.955 bits per heavy atom. The second kappa shape index (κ2) is 3.74. The van der Waals surface area contributed by atoms with Gasteiger partial charge in [-0.1, -0.05) is 38.1 Å². The molecule has 0 saturated carbocycles. The van der Waals surface area contributed by atoms with Crippen molar-refractivity contribution in [1.29, 1.82) is 0 Å². The summed E-state index contributed by atoms with van der Waals surface area (Å²) in [5, 5.41) is 2.54. The van der Waals surface area contributed by atoms with Crippen molar-refractivity contribution < 1.29 is 0 Å². The number of rotatable bonds is 0. The first-order chi connectivity index (χ1) is 10.7. The molecule has 0 fully saturated rings. The molecule has 0 amide bonds. The first-order valence-electron chi connectivity index (χ1n) is 7.52. The van der Waals surface area contributed by atoms with E-state index >= 15 is 0 Å². The number of fused-ring (bicyclic) bond motifs is 7. The lowest BCUT2D eigenvalue weighted by molar-refractivity contribution is 0.655. The normalized spacial score (nSPS) is 15.2. The molecule has 0 atom stereocenters. The van der Waals surface area contributed by atoms with Gasteiger partial charge in [-0.05, 0) is 17.7 Å². The Labute approximate surface area is 128 Å². The summed E-state index contributed by atoms with van der Waals surface area (Å²) in [5.74, 6) is 0. The molecule has 0 spiro atoms. The van der Waals surface area contributed by atoms with Crippen LogP contribution in [0.1, 0.15) is 25.0 Å². The Morgan fingerprint density at radius 2 is 1.82 bits per heavy atom.